The van der Waals surface area contributed by atoms with Crippen LogP contribution in [0.3, 0.4) is 0 Å². The number of ether oxygens (including phenoxy) is 2. The number of carbonyl (C=O) groups is 1. The lowest BCUT2D eigenvalue weighted by molar-refractivity contribution is -0.145. The number of carbonyl (C=O) groups excluding carboxylic acids is 1. The average molecular weight is 466 g/mol. The van der Waals surface area contributed by atoms with Gasteiger partial charge < -0.3 is 13.9 Å². The van der Waals surface area contributed by atoms with Gasteiger partial charge in [-0.05, 0) is 48.6 Å². The molecule has 0 saturated carbocycles. The van der Waals surface area contributed by atoms with Crippen LogP contribution in [-0.2, 0) is 9.53 Å². The summed E-state index contributed by atoms with van der Waals surface area (Å²) < 4.78 is 17.1. The molecule has 3 aromatic rings. The Labute approximate surface area is 189 Å². The zero-order valence-corrected chi connectivity index (χ0v) is 19.1. The summed E-state index contributed by atoms with van der Waals surface area (Å²) >= 11 is 8.91. The Morgan fingerprint density at radius 1 is 1.20 bits per heavy atom. The highest BCUT2D eigenvalue weighted by Gasteiger charge is 2.17. The fraction of sp³-hybridized carbons (Fsp3) is 0.364. The second kappa shape index (κ2) is 12.1. The zero-order chi connectivity index (χ0) is 21.2. The van der Waals surface area contributed by atoms with E-state index in [-0.39, 0.29) is 17.8 Å². The monoisotopic (exact) mass is 465 g/mol. The molecule has 3 rings (SSSR count). The van der Waals surface area contributed by atoms with Crippen LogP contribution in [0.25, 0.3) is 11.1 Å². The van der Waals surface area contributed by atoms with Crippen LogP contribution in [-0.4, -0.2) is 40.9 Å². The molecule has 0 amide bonds. The quantitative estimate of drug-likeness (QED) is 0.182. The standard InChI is InChI=1S/C22H24ClNO4S2/c1-2-3-12-29-14-18(13-26-17-10-8-16(23)9-11-17)27-21(25)15-30-22-24-19-6-4-5-7-20(19)28-22/h4-11,18H,2-3,12-15H2,1H3. The zero-order valence-electron chi connectivity index (χ0n) is 16.7. The molecule has 1 heterocycles. The number of rotatable bonds is 12. The normalized spacial score (nSPS) is 12.1. The van der Waals surface area contributed by atoms with Crippen molar-refractivity contribution in [2.75, 3.05) is 23.9 Å². The van der Waals surface area contributed by atoms with Gasteiger partial charge in [-0.2, -0.15) is 11.8 Å². The van der Waals surface area contributed by atoms with E-state index >= 15 is 0 Å². The van der Waals surface area contributed by atoms with E-state index in [9.17, 15) is 4.79 Å². The van der Waals surface area contributed by atoms with Crippen LogP contribution in [0.5, 0.6) is 5.75 Å². The van der Waals surface area contributed by atoms with Gasteiger partial charge in [-0.25, -0.2) is 4.98 Å². The first-order chi connectivity index (χ1) is 14.6. The molecule has 0 aliphatic rings. The number of fused-ring (bicyclic) bond motifs is 1. The van der Waals surface area contributed by atoms with Crippen molar-refractivity contribution in [3.63, 3.8) is 0 Å². The van der Waals surface area contributed by atoms with Gasteiger partial charge in [0.1, 0.15) is 29.7 Å². The number of para-hydroxylation sites is 2. The van der Waals surface area contributed by atoms with Crippen molar-refractivity contribution in [1.29, 1.82) is 0 Å². The predicted octanol–water partition coefficient (Wildman–Crippen LogP) is 6.10. The molecule has 160 valence electrons. The smallest absolute Gasteiger partial charge is 0.316 e. The summed E-state index contributed by atoms with van der Waals surface area (Å²) in [7, 11) is 0. The molecule has 0 aliphatic carbocycles. The molecule has 2 aromatic carbocycles. The van der Waals surface area contributed by atoms with E-state index in [4.69, 9.17) is 25.5 Å². The van der Waals surface area contributed by atoms with Crippen LogP contribution >= 0.6 is 35.1 Å². The van der Waals surface area contributed by atoms with Gasteiger partial charge in [0.15, 0.2) is 5.58 Å². The van der Waals surface area contributed by atoms with E-state index in [1.165, 1.54) is 11.8 Å². The van der Waals surface area contributed by atoms with Crippen molar-refractivity contribution in [2.24, 2.45) is 0 Å². The minimum absolute atomic E-state index is 0.129. The summed E-state index contributed by atoms with van der Waals surface area (Å²) in [6, 6.07) is 14.6. The summed E-state index contributed by atoms with van der Waals surface area (Å²) in [5.41, 5.74) is 1.48. The number of unbranched alkanes of at least 4 members (excludes halogenated alkanes) is 1. The third-order valence-electron chi connectivity index (χ3n) is 4.08. The lowest BCUT2D eigenvalue weighted by atomic mass is 10.3. The van der Waals surface area contributed by atoms with Crippen LogP contribution in [0.4, 0.5) is 0 Å². The van der Waals surface area contributed by atoms with E-state index in [1.807, 2.05) is 24.3 Å². The van der Waals surface area contributed by atoms with Gasteiger partial charge in [0, 0.05) is 10.8 Å². The van der Waals surface area contributed by atoms with E-state index in [0.717, 1.165) is 24.1 Å². The summed E-state index contributed by atoms with van der Waals surface area (Å²) in [5.74, 6) is 2.22. The number of hydrogen-bond donors (Lipinski definition) is 0. The van der Waals surface area contributed by atoms with Crippen LogP contribution in [0.1, 0.15) is 19.8 Å². The summed E-state index contributed by atoms with van der Waals surface area (Å²) in [6.07, 6.45) is 1.94. The molecule has 0 aliphatic heterocycles. The first-order valence-electron chi connectivity index (χ1n) is 9.78. The molecule has 1 aromatic heterocycles. The Hall–Kier alpha value is -1.83. The molecule has 0 spiro atoms. The Bertz CT molecular complexity index is 899. The molecule has 1 unspecified atom stereocenters. The molecule has 0 radical (unpaired) electrons. The van der Waals surface area contributed by atoms with Crippen molar-refractivity contribution in [3.8, 4) is 5.75 Å². The van der Waals surface area contributed by atoms with Crippen molar-refractivity contribution >= 4 is 52.2 Å². The molecule has 8 heteroatoms. The highest BCUT2D eigenvalue weighted by molar-refractivity contribution is 7.99. The Kier molecular flexibility index (Phi) is 9.24. The number of thioether (sulfide) groups is 2. The molecule has 0 fully saturated rings. The minimum atomic E-state index is -0.334. The van der Waals surface area contributed by atoms with Gasteiger partial charge in [0.05, 0.1) is 0 Å². The molecular formula is C22H24ClNO4S2. The molecule has 0 bridgehead atoms. The van der Waals surface area contributed by atoms with Gasteiger partial charge >= 0.3 is 5.97 Å². The second-order valence-electron chi connectivity index (χ2n) is 6.54. The molecule has 0 saturated heterocycles. The number of esters is 1. The van der Waals surface area contributed by atoms with Crippen molar-refractivity contribution in [3.05, 3.63) is 53.6 Å². The Morgan fingerprint density at radius 3 is 2.77 bits per heavy atom. The molecule has 1 atom stereocenters. The van der Waals surface area contributed by atoms with Crippen molar-refractivity contribution < 1.29 is 18.7 Å². The maximum absolute atomic E-state index is 12.4. The summed E-state index contributed by atoms with van der Waals surface area (Å²) in [4.78, 5) is 16.8. The van der Waals surface area contributed by atoms with E-state index in [0.29, 0.717) is 33.9 Å². The lowest BCUT2D eigenvalue weighted by Gasteiger charge is -2.18. The van der Waals surface area contributed by atoms with Crippen LogP contribution < -0.4 is 4.74 Å². The molecule has 5 nitrogen and oxygen atoms in total. The van der Waals surface area contributed by atoms with Gasteiger partial charge in [-0.15, -0.1) is 0 Å². The largest absolute Gasteiger partial charge is 0.490 e. The predicted molar refractivity (Wildman–Crippen MR) is 124 cm³/mol. The van der Waals surface area contributed by atoms with E-state index < -0.39 is 0 Å². The van der Waals surface area contributed by atoms with E-state index in [2.05, 4.69) is 11.9 Å². The van der Waals surface area contributed by atoms with Gasteiger partial charge in [-0.3, -0.25) is 4.79 Å². The highest BCUT2D eigenvalue weighted by atomic mass is 35.5. The first-order valence-corrected chi connectivity index (χ1v) is 12.3. The van der Waals surface area contributed by atoms with Crippen molar-refractivity contribution in [2.45, 2.75) is 31.1 Å². The van der Waals surface area contributed by atoms with Crippen LogP contribution in [0.15, 0.2) is 58.2 Å². The second-order valence-corrected chi connectivity index (χ2v) is 9.05. The Morgan fingerprint density at radius 2 is 2.00 bits per heavy atom. The minimum Gasteiger partial charge on any atom is -0.490 e. The summed E-state index contributed by atoms with van der Waals surface area (Å²) in [5, 5.41) is 1.11. The third kappa shape index (κ3) is 7.45. The first kappa shape index (κ1) is 22.8. The number of aromatic nitrogens is 1. The molecular weight excluding hydrogens is 442 g/mol. The fourth-order valence-corrected chi connectivity index (χ4v) is 4.38. The molecule has 0 N–H and O–H groups in total. The average Bonchev–Trinajstić information content (AvgIpc) is 3.17. The van der Waals surface area contributed by atoms with Gasteiger partial charge in [-0.1, -0.05) is 48.8 Å². The number of hydrogen-bond acceptors (Lipinski definition) is 7. The lowest BCUT2D eigenvalue weighted by Crippen LogP contribution is -2.28. The fourth-order valence-electron chi connectivity index (χ4n) is 2.55. The van der Waals surface area contributed by atoms with Gasteiger partial charge in [0.25, 0.3) is 5.22 Å². The van der Waals surface area contributed by atoms with Crippen LogP contribution in [0, 0.1) is 0 Å². The number of oxazole rings is 1. The summed E-state index contributed by atoms with van der Waals surface area (Å²) in [6.45, 7) is 2.45. The maximum atomic E-state index is 12.4. The number of nitrogens with zero attached hydrogens (tertiary/aromatic N) is 1. The highest BCUT2D eigenvalue weighted by Crippen LogP contribution is 2.23. The van der Waals surface area contributed by atoms with Gasteiger partial charge in [0.2, 0.25) is 0 Å². The maximum Gasteiger partial charge on any atom is 0.316 e. The Balaban J connectivity index is 1.50. The van der Waals surface area contributed by atoms with E-state index in [1.54, 1.807) is 36.0 Å². The topological polar surface area (TPSA) is 61.6 Å². The van der Waals surface area contributed by atoms with Crippen molar-refractivity contribution in [1.82, 2.24) is 4.98 Å². The third-order valence-corrected chi connectivity index (χ3v) is 6.32. The number of benzene rings is 2. The van der Waals surface area contributed by atoms with Crippen LogP contribution in [0.2, 0.25) is 5.02 Å². The molecule has 30 heavy (non-hydrogen) atoms. The number of halogens is 1. The SMILES string of the molecule is CCCCSCC(COc1ccc(Cl)cc1)OC(=O)CSc1nc2ccccc2o1.